The Hall–Kier alpha value is -0.400. The summed E-state index contributed by atoms with van der Waals surface area (Å²) in [5.41, 5.74) is 1.08. The van der Waals surface area contributed by atoms with Gasteiger partial charge in [0.15, 0.2) is 0 Å². The molecule has 2 atom stereocenters. The highest BCUT2D eigenvalue weighted by Gasteiger charge is 2.47. The second-order valence-electron chi connectivity index (χ2n) is 2.92. The van der Waals surface area contributed by atoms with E-state index in [0.29, 0.717) is 0 Å². The van der Waals surface area contributed by atoms with E-state index in [4.69, 9.17) is 23.2 Å². The highest BCUT2D eigenvalue weighted by atomic mass is 35.5. The van der Waals surface area contributed by atoms with Crippen molar-refractivity contribution in [3.8, 4) is 0 Å². The summed E-state index contributed by atoms with van der Waals surface area (Å²) in [5, 5.41) is 3.40. The van der Waals surface area contributed by atoms with Crippen LogP contribution in [0.3, 0.4) is 0 Å². The molecule has 0 radical (unpaired) electrons. The molecule has 1 fully saturated rings. The molecule has 0 aliphatic heterocycles. The third-order valence-corrected chi connectivity index (χ3v) is 3.17. The van der Waals surface area contributed by atoms with Gasteiger partial charge >= 0.3 is 0 Å². The number of rotatable bonds is 2. The molecule has 0 amide bonds. The van der Waals surface area contributed by atoms with Gasteiger partial charge in [-0.2, -0.15) is 0 Å². The fourth-order valence-corrected chi connectivity index (χ4v) is 1.79. The maximum atomic E-state index is 5.86. The van der Waals surface area contributed by atoms with E-state index >= 15 is 0 Å². The molecule has 0 spiro atoms. The van der Waals surface area contributed by atoms with E-state index in [9.17, 15) is 0 Å². The second kappa shape index (κ2) is 3.15. The number of halogens is 2. The maximum absolute atomic E-state index is 5.86. The van der Waals surface area contributed by atoms with E-state index in [0.717, 1.165) is 5.69 Å². The van der Waals surface area contributed by atoms with Gasteiger partial charge in [-0.05, 0) is 12.1 Å². The van der Waals surface area contributed by atoms with Crippen LogP contribution in [0.1, 0.15) is 0 Å². The van der Waals surface area contributed by atoms with Crippen molar-refractivity contribution in [2.45, 2.75) is 16.8 Å². The Morgan fingerprint density at radius 3 is 2.08 bits per heavy atom. The third kappa shape index (κ3) is 1.52. The Bertz CT molecular complexity index is 254. The molecule has 1 aliphatic rings. The highest BCUT2D eigenvalue weighted by Crippen LogP contribution is 2.36. The summed E-state index contributed by atoms with van der Waals surface area (Å²) in [4.78, 5) is 0. The van der Waals surface area contributed by atoms with Gasteiger partial charge in [-0.1, -0.05) is 18.2 Å². The van der Waals surface area contributed by atoms with Gasteiger partial charge in [-0.25, -0.2) is 0 Å². The number of benzene rings is 1. The number of alkyl halides is 2. The standard InChI is InChI=1S/C9H9Cl2N/c10-7-8(11)9(7)12-6-4-2-1-3-5-6/h1-5,7-9,12H. The largest absolute Gasteiger partial charge is 0.379 e. The zero-order valence-corrected chi connectivity index (χ0v) is 7.89. The summed E-state index contributed by atoms with van der Waals surface area (Å²) < 4.78 is 0. The summed E-state index contributed by atoms with van der Waals surface area (Å²) >= 11 is 11.7. The van der Waals surface area contributed by atoms with E-state index in [-0.39, 0.29) is 16.8 Å². The van der Waals surface area contributed by atoms with Crippen molar-refractivity contribution in [3.05, 3.63) is 30.3 Å². The minimum Gasteiger partial charge on any atom is -0.379 e. The summed E-state index contributed by atoms with van der Waals surface area (Å²) in [7, 11) is 0. The van der Waals surface area contributed by atoms with Crippen LogP contribution in [-0.4, -0.2) is 16.8 Å². The van der Waals surface area contributed by atoms with Gasteiger partial charge in [-0.3, -0.25) is 0 Å². The molecule has 0 heterocycles. The summed E-state index contributed by atoms with van der Waals surface area (Å²) in [6.07, 6.45) is 0. The first-order chi connectivity index (χ1) is 5.79. The Kier molecular flexibility index (Phi) is 2.16. The molecule has 1 saturated carbocycles. The molecule has 64 valence electrons. The quantitative estimate of drug-likeness (QED) is 0.727. The van der Waals surface area contributed by atoms with Crippen LogP contribution in [0.2, 0.25) is 0 Å². The highest BCUT2D eigenvalue weighted by molar-refractivity contribution is 6.35. The van der Waals surface area contributed by atoms with Gasteiger partial charge in [-0.15, -0.1) is 23.2 Å². The average molecular weight is 202 g/mol. The lowest BCUT2D eigenvalue weighted by molar-refractivity contribution is 1.16. The Morgan fingerprint density at radius 1 is 1.00 bits per heavy atom. The topological polar surface area (TPSA) is 12.0 Å². The molecule has 0 aromatic heterocycles. The first-order valence-electron chi connectivity index (χ1n) is 3.89. The number of hydrogen-bond acceptors (Lipinski definition) is 1. The lowest BCUT2D eigenvalue weighted by Gasteiger charge is -2.02. The fraction of sp³-hybridized carbons (Fsp3) is 0.333. The molecular weight excluding hydrogens is 193 g/mol. The Morgan fingerprint density at radius 2 is 1.58 bits per heavy atom. The first-order valence-corrected chi connectivity index (χ1v) is 4.76. The zero-order valence-electron chi connectivity index (χ0n) is 6.37. The van der Waals surface area contributed by atoms with Crippen LogP contribution in [0.4, 0.5) is 5.69 Å². The molecule has 2 unspecified atom stereocenters. The van der Waals surface area contributed by atoms with Gasteiger partial charge in [0.25, 0.3) is 0 Å². The van der Waals surface area contributed by atoms with Crippen molar-refractivity contribution in [2.75, 3.05) is 5.32 Å². The molecule has 1 nitrogen and oxygen atoms in total. The Balaban J connectivity index is 1.97. The van der Waals surface area contributed by atoms with E-state index in [1.807, 2.05) is 30.3 Å². The average Bonchev–Trinajstić information content (AvgIpc) is 2.65. The first kappa shape index (κ1) is 8.21. The van der Waals surface area contributed by atoms with Crippen molar-refractivity contribution in [3.63, 3.8) is 0 Å². The van der Waals surface area contributed by atoms with Crippen LogP contribution in [0.15, 0.2) is 30.3 Å². The third-order valence-electron chi connectivity index (χ3n) is 1.96. The molecular formula is C9H9Cl2N. The summed E-state index contributed by atoms with van der Waals surface area (Å²) in [5.74, 6) is 0. The van der Waals surface area contributed by atoms with Crippen molar-refractivity contribution < 1.29 is 0 Å². The van der Waals surface area contributed by atoms with Crippen molar-refractivity contribution in [1.29, 1.82) is 0 Å². The minimum atomic E-state index is 0.0758. The number of para-hydroxylation sites is 1. The predicted octanol–water partition coefficient (Wildman–Crippen LogP) is 2.70. The predicted molar refractivity (Wildman–Crippen MR) is 53.1 cm³/mol. The lowest BCUT2D eigenvalue weighted by atomic mass is 10.3. The SMILES string of the molecule is ClC1C(Cl)C1Nc1ccccc1. The molecule has 1 aliphatic carbocycles. The smallest absolute Gasteiger partial charge is 0.0736 e. The number of nitrogens with one attached hydrogen (secondary N) is 1. The molecule has 1 N–H and O–H groups in total. The molecule has 0 bridgehead atoms. The molecule has 1 aromatic carbocycles. The van der Waals surface area contributed by atoms with Crippen LogP contribution in [0, 0.1) is 0 Å². The van der Waals surface area contributed by atoms with E-state index in [1.165, 1.54) is 0 Å². The molecule has 2 rings (SSSR count). The van der Waals surface area contributed by atoms with E-state index < -0.39 is 0 Å². The molecule has 0 saturated heterocycles. The summed E-state index contributed by atoms with van der Waals surface area (Å²) in [6, 6.07) is 10.2. The van der Waals surface area contributed by atoms with Gasteiger partial charge < -0.3 is 5.32 Å². The van der Waals surface area contributed by atoms with Crippen LogP contribution < -0.4 is 5.32 Å². The van der Waals surface area contributed by atoms with Crippen LogP contribution >= 0.6 is 23.2 Å². The second-order valence-corrected chi connectivity index (χ2v) is 3.93. The van der Waals surface area contributed by atoms with Gasteiger partial charge in [0, 0.05) is 5.69 Å². The molecule has 1 aromatic rings. The van der Waals surface area contributed by atoms with E-state index in [2.05, 4.69) is 5.32 Å². The number of hydrogen-bond donors (Lipinski definition) is 1. The van der Waals surface area contributed by atoms with Crippen LogP contribution in [0.5, 0.6) is 0 Å². The number of anilines is 1. The zero-order chi connectivity index (χ0) is 8.55. The van der Waals surface area contributed by atoms with Gasteiger partial charge in [0.05, 0.1) is 16.8 Å². The van der Waals surface area contributed by atoms with Crippen molar-refractivity contribution >= 4 is 28.9 Å². The van der Waals surface area contributed by atoms with Gasteiger partial charge in [0.1, 0.15) is 0 Å². The monoisotopic (exact) mass is 201 g/mol. The minimum absolute atomic E-state index is 0.0758. The molecule has 12 heavy (non-hydrogen) atoms. The van der Waals surface area contributed by atoms with Gasteiger partial charge in [0.2, 0.25) is 0 Å². The maximum Gasteiger partial charge on any atom is 0.0736 e. The summed E-state index contributed by atoms with van der Waals surface area (Å²) in [6.45, 7) is 0. The van der Waals surface area contributed by atoms with Crippen LogP contribution in [-0.2, 0) is 0 Å². The fourth-order valence-electron chi connectivity index (χ4n) is 1.13. The van der Waals surface area contributed by atoms with Crippen molar-refractivity contribution in [2.24, 2.45) is 0 Å². The Labute approximate surface area is 81.7 Å². The van der Waals surface area contributed by atoms with Crippen LogP contribution in [0.25, 0.3) is 0 Å². The van der Waals surface area contributed by atoms with E-state index in [1.54, 1.807) is 0 Å². The lowest BCUT2D eigenvalue weighted by Crippen LogP contribution is -2.05. The van der Waals surface area contributed by atoms with Crippen molar-refractivity contribution in [1.82, 2.24) is 0 Å². The normalized spacial score (nSPS) is 33.0. The molecule has 3 heteroatoms.